The average molecular weight is 384 g/mol. The summed E-state index contributed by atoms with van der Waals surface area (Å²) in [5.41, 5.74) is 2.51. The SMILES string of the molecule is Cc1ccc(-c2oc3ccccc3c(=O)c2OC(C)C(=O)c2ccccc2)cc1. The minimum absolute atomic E-state index is 0.0457. The van der Waals surface area contributed by atoms with Crippen LogP contribution in [-0.2, 0) is 0 Å². The van der Waals surface area contributed by atoms with Gasteiger partial charge >= 0.3 is 0 Å². The van der Waals surface area contributed by atoms with Gasteiger partial charge in [0, 0.05) is 11.1 Å². The second-order valence-electron chi connectivity index (χ2n) is 6.94. The molecule has 4 nitrogen and oxygen atoms in total. The first-order chi connectivity index (χ1) is 14.0. The fraction of sp³-hybridized carbons (Fsp3) is 0.120. The number of Topliss-reactive ketones (excluding diaryl/α,β-unsaturated/α-hetero) is 1. The minimum Gasteiger partial charge on any atom is -0.475 e. The molecule has 144 valence electrons. The Morgan fingerprint density at radius 2 is 1.55 bits per heavy atom. The predicted octanol–water partition coefficient (Wildman–Crippen LogP) is 5.42. The zero-order valence-electron chi connectivity index (χ0n) is 16.2. The smallest absolute Gasteiger partial charge is 0.235 e. The molecule has 0 amide bonds. The van der Waals surface area contributed by atoms with Crippen LogP contribution in [0.4, 0.5) is 0 Å². The van der Waals surface area contributed by atoms with E-state index >= 15 is 0 Å². The number of rotatable bonds is 5. The summed E-state index contributed by atoms with van der Waals surface area (Å²) in [6, 6.07) is 23.5. The molecule has 0 radical (unpaired) electrons. The molecule has 1 unspecified atom stereocenters. The van der Waals surface area contributed by atoms with Gasteiger partial charge in [0.25, 0.3) is 0 Å². The summed E-state index contributed by atoms with van der Waals surface area (Å²) in [5, 5.41) is 0.415. The Kier molecular flexibility index (Phi) is 5.00. The van der Waals surface area contributed by atoms with Crippen molar-refractivity contribution in [3.05, 3.63) is 100 Å². The van der Waals surface area contributed by atoms with Crippen LogP contribution in [0.1, 0.15) is 22.8 Å². The Morgan fingerprint density at radius 1 is 0.897 bits per heavy atom. The lowest BCUT2D eigenvalue weighted by Crippen LogP contribution is -2.26. The molecule has 0 saturated carbocycles. The maximum atomic E-state index is 13.2. The standard InChI is InChI=1S/C25H20O4/c1-16-12-14-19(15-13-16)24-25(23(27)20-10-6-7-11-21(20)29-24)28-17(2)22(26)18-8-4-3-5-9-18/h3-15,17H,1-2H3. The molecule has 4 heteroatoms. The summed E-state index contributed by atoms with van der Waals surface area (Å²) in [7, 11) is 0. The van der Waals surface area contributed by atoms with E-state index in [0.29, 0.717) is 27.9 Å². The van der Waals surface area contributed by atoms with Crippen LogP contribution >= 0.6 is 0 Å². The summed E-state index contributed by atoms with van der Waals surface area (Å²) >= 11 is 0. The Balaban J connectivity index is 1.82. The molecular formula is C25H20O4. The molecule has 0 aliphatic heterocycles. The summed E-state index contributed by atoms with van der Waals surface area (Å²) in [6.45, 7) is 3.63. The number of aryl methyl sites for hydroxylation is 1. The van der Waals surface area contributed by atoms with Crippen molar-refractivity contribution in [1.29, 1.82) is 0 Å². The first-order valence-corrected chi connectivity index (χ1v) is 9.43. The van der Waals surface area contributed by atoms with Crippen molar-refractivity contribution in [2.75, 3.05) is 0 Å². The zero-order valence-corrected chi connectivity index (χ0v) is 16.2. The molecule has 0 bridgehead atoms. The highest BCUT2D eigenvalue weighted by atomic mass is 16.5. The Bertz CT molecular complexity index is 1220. The topological polar surface area (TPSA) is 56.5 Å². The maximum Gasteiger partial charge on any atom is 0.235 e. The molecule has 0 spiro atoms. The second-order valence-corrected chi connectivity index (χ2v) is 6.94. The van der Waals surface area contributed by atoms with Crippen LogP contribution in [0.25, 0.3) is 22.3 Å². The summed E-state index contributed by atoms with van der Waals surface area (Å²) in [6.07, 6.45) is -0.842. The van der Waals surface area contributed by atoms with Crippen LogP contribution < -0.4 is 10.2 Å². The van der Waals surface area contributed by atoms with Crippen molar-refractivity contribution in [2.45, 2.75) is 20.0 Å². The lowest BCUT2D eigenvalue weighted by molar-refractivity contribution is 0.0815. The van der Waals surface area contributed by atoms with Gasteiger partial charge in [0.05, 0.1) is 5.39 Å². The number of carbonyl (C=O) groups is 1. The van der Waals surface area contributed by atoms with Gasteiger partial charge in [-0.1, -0.05) is 72.3 Å². The number of fused-ring (bicyclic) bond motifs is 1. The molecule has 0 N–H and O–H groups in total. The third-order valence-corrected chi connectivity index (χ3v) is 4.79. The minimum atomic E-state index is -0.842. The fourth-order valence-corrected chi connectivity index (χ4v) is 3.19. The Labute approximate surface area is 168 Å². The van der Waals surface area contributed by atoms with Crippen molar-refractivity contribution < 1.29 is 13.9 Å². The molecule has 4 aromatic rings. The maximum absolute atomic E-state index is 13.2. The normalized spacial score (nSPS) is 11.9. The van der Waals surface area contributed by atoms with Crippen molar-refractivity contribution >= 4 is 16.8 Å². The van der Waals surface area contributed by atoms with Gasteiger partial charge in [-0.2, -0.15) is 0 Å². The molecular weight excluding hydrogens is 364 g/mol. The molecule has 0 aliphatic carbocycles. The monoisotopic (exact) mass is 384 g/mol. The molecule has 0 aliphatic rings. The van der Waals surface area contributed by atoms with Gasteiger partial charge in [0.1, 0.15) is 5.58 Å². The number of hydrogen-bond donors (Lipinski definition) is 0. The van der Waals surface area contributed by atoms with Gasteiger partial charge in [0.2, 0.25) is 17.0 Å². The summed E-state index contributed by atoms with van der Waals surface area (Å²) < 4.78 is 12.0. The third-order valence-electron chi connectivity index (χ3n) is 4.79. The lowest BCUT2D eigenvalue weighted by atomic mass is 10.1. The van der Waals surface area contributed by atoms with E-state index in [1.54, 1.807) is 49.4 Å². The highest BCUT2D eigenvalue weighted by Gasteiger charge is 2.23. The van der Waals surface area contributed by atoms with E-state index in [9.17, 15) is 9.59 Å². The second kappa shape index (κ2) is 7.76. The van der Waals surface area contributed by atoms with Crippen LogP contribution in [0, 0.1) is 6.92 Å². The molecule has 29 heavy (non-hydrogen) atoms. The number of para-hydroxylation sites is 1. The quantitative estimate of drug-likeness (QED) is 0.431. The number of ketones is 1. The van der Waals surface area contributed by atoms with Crippen molar-refractivity contribution in [1.82, 2.24) is 0 Å². The zero-order chi connectivity index (χ0) is 20.4. The van der Waals surface area contributed by atoms with E-state index in [4.69, 9.17) is 9.15 Å². The van der Waals surface area contributed by atoms with E-state index in [1.807, 2.05) is 43.3 Å². The highest BCUT2D eigenvalue weighted by Crippen LogP contribution is 2.31. The van der Waals surface area contributed by atoms with E-state index in [-0.39, 0.29) is 17.0 Å². The van der Waals surface area contributed by atoms with Crippen molar-refractivity contribution in [3.63, 3.8) is 0 Å². The summed E-state index contributed by atoms with van der Waals surface area (Å²) in [4.78, 5) is 25.9. The molecule has 1 heterocycles. The molecule has 1 atom stereocenters. The van der Waals surface area contributed by atoms with E-state index in [0.717, 1.165) is 5.56 Å². The predicted molar refractivity (Wildman–Crippen MR) is 114 cm³/mol. The van der Waals surface area contributed by atoms with E-state index in [1.165, 1.54) is 0 Å². The van der Waals surface area contributed by atoms with Gasteiger partial charge in [0.15, 0.2) is 11.9 Å². The van der Waals surface area contributed by atoms with E-state index in [2.05, 4.69) is 0 Å². The van der Waals surface area contributed by atoms with Crippen LogP contribution in [0.3, 0.4) is 0 Å². The van der Waals surface area contributed by atoms with Gasteiger partial charge in [-0.25, -0.2) is 0 Å². The van der Waals surface area contributed by atoms with Crippen molar-refractivity contribution in [2.24, 2.45) is 0 Å². The molecule has 0 saturated heterocycles. The first-order valence-electron chi connectivity index (χ1n) is 9.43. The number of hydrogen-bond acceptors (Lipinski definition) is 4. The Hall–Kier alpha value is -3.66. The van der Waals surface area contributed by atoms with E-state index < -0.39 is 6.10 Å². The van der Waals surface area contributed by atoms with Crippen LogP contribution in [0.5, 0.6) is 5.75 Å². The highest BCUT2D eigenvalue weighted by molar-refractivity contribution is 5.99. The number of carbonyl (C=O) groups excluding carboxylic acids is 1. The number of ether oxygens (including phenoxy) is 1. The van der Waals surface area contributed by atoms with Gasteiger partial charge in [-0.15, -0.1) is 0 Å². The van der Waals surface area contributed by atoms with Gasteiger partial charge < -0.3 is 9.15 Å². The Morgan fingerprint density at radius 3 is 2.28 bits per heavy atom. The molecule has 0 fully saturated rings. The molecule has 4 rings (SSSR count). The van der Waals surface area contributed by atoms with Gasteiger partial charge in [-0.05, 0) is 26.0 Å². The molecule has 1 aromatic heterocycles. The largest absolute Gasteiger partial charge is 0.475 e. The van der Waals surface area contributed by atoms with Crippen LogP contribution in [0.15, 0.2) is 88.1 Å². The van der Waals surface area contributed by atoms with Crippen LogP contribution in [0.2, 0.25) is 0 Å². The van der Waals surface area contributed by atoms with Crippen LogP contribution in [-0.4, -0.2) is 11.9 Å². The molecule has 3 aromatic carbocycles. The fourth-order valence-electron chi connectivity index (χ4n) is 3.19. The van der Waals surface area contributed by atoms with Crippen molar-refractivity contribution in [3.8, 4) is 17.1 Å². The summed E-state index contributed by atoms with van der Waals surface area (Å²) in [5.74, 6) is 0.166. The average Bonchev–Trinajstić information content (AvgIpc) is 2.76. The third kappa shape index (κ3) is 3.69. The lowest BCUT2D eigenvalue weighted by Gasteiger charge is -2.16. The number of benzene rings is 3. The first kappa shape index (κ1) is 18.7. The van der Waals surface area contributed by atoms with Gasteiger partial charge in [-0.3, -0.25) is 9.59 Å².